The Balaban J connectivity index is 2.12. The van der Waals surface area contributed by atoms with Gasteiger partial charge in [-0.15, -0.1) is 0 Å². The van der Waals surface area contributed by atoms with Gasteiger partial charge in [0.05, 0.1) is 13.2 Å². The summed E-state index contributed by atoms with van der Waals surface area (Å²) in [5.41, 5.74) is 2.08. The predicted molar refractivity (Wildman–Crippen MR) is 79.0 cm³/mol. The van der Waals surface area contributed by atoms with Crippen LogP contribution in [0.15, 0.2) is 30.9 Å². The zero-order chi connectivity index (χ0) is 15.4. The molecule has 0 unspecified atom stereocenters. The number of amides is 1. The molecule has 1 heterocycles. The van der Waals surface area contributed by atoms with Crippen molar-refractivity contribution in [2.24, 2.45) is 0 Å². The molecule has 2 atom stereocenters. The van der Waals surface area contributed by atoms with Gasteiger partial charge in [0.15, 0.2) is 0 Å². The summed E-state index contributed by atoms with van der Waals surface area (Å²) in [7, 11) is 1.63. The second-order valence-corrected chi connectivity index (χ2v) is 5.03. The van der Waals surface area contributed by atoms with E-state index >= 15 is 0 Å². The first-order valence-electron chi connectivity index (χ1n) is 6.82. The minimum Gasteiger partial charge on any atom is -0.496 e. The van der Waals surface area contributed by atoms with E-state index < -0.39 is 6.04 Å². The first-order chi connectivity index (χ1) is 10.0. The average molecular weight is 288 g/mol. The van der Waals surface area contributed by atoms with E-state index in [0.717, 1.165) is 16.9 Å². The number of hydrogen-bond acceptors (Lipinski definition) is 4. The van der Waals surface area contributed by atoms with Crippen molar-refractivity contribution in [3.8, 4) is 5.75 Å². The number of nitrogens with zero attached hydrogens (tertiary/aromatic N) is 3. The van der Waals surface area contributed by atoms with Crippen LogP contribution in [0.25, 0.3) is 0 Å². The molecule has 0 bridgehead atoms. The van der Waals surface area contributed by atoms with E-state index in [1.54, 1.807) is 14.0 Å². The monoisotopic (exact) mass is 288 g/mol. The number of methoxy groups -OCH3 is 1. The number of nitrogens with one attached hydrogen (secondary N) is 1. The highest BCUT2D eigenvalue weighted by atomic mass is 16.5. The molecule has 2 aromatic rings. The van der Waals surface area contributed by atoms with E-state index in [9.17, 15) is 4.79 Å². The number of rotatable bonds is 5. The SMILES string of the molecule is COc1ccc(C)cc1[C@H](C)NC(=O)[C@@H](C)n1cncn1. The summed E-state index contributed by atoms with van der Waals surface area (Å²) in [4.78, 5) is 16.1. The summed E-state index contributed by atoms with van der Waals surface area (Å²) in [5, 5.41) is 6.96. The number of ether oxygens (including phenoxy) is 1. The molecule has 1 aromatic carbocycles. The fraction of sp³-hybridized carbons (Fsp3) is 0.400. The van der Waals surface area contributed by atoms with Crippen LogP contribution in [-0.2, 0) is 4.79 Å². The second-order valence-electron chi connectivity index (χ2n) is 5.03. The van der Waals surface area contributed by atoms with E-state index in [2.05, 4.69) is 15.4 Å². The van der Waals surface area contributed by atoms with Crippen LogP contribution < -0.4 is 10.1 Å². The minimum atomic E-state index is -0.411. The van der Waals surface area contributed by atoms with Gasteiger partial charge in [0.1, 0.15) is 24.4 Å². The zero-order valence-corrected chi connectivity index (χ0v) is 12.7. The predicted octanol–water partition coefficient (Wildman–Crippen LogP) is 2.03. The van der Waals surface area contributed by atoms with Crippen molar-refractivity contribution >= 4 is 5.91 Å². The number of carbonyl (C=O) groups excluding carboxylic acids is 1. The molecule has 0 saturated carbocycles. The Kier molecular flexibility index (Phi) is 4.57. The molecule has 6 nitrogen and oxygen atoms in total. The van der Waals surface area contributed by atoms with Gasteiger partial charge in [0.25, 0.3) is 0 Å². The van der Waals surface area contributed by atoms with Crippen molar-refractivity contribution in [3.63, 3.8) is 0 Å². The van der Waals surface area contributed by atoms with Crippen LogP contribution in [0.2, 0.25) is 0 Å². The third kappa shape index (κ3) is 3.39. The van der Waals surface area contributed by atoms with Gasteiger partial charge in [0.2, 0.25) is 5.91 Å². The van der Waals surface area contributed by atoms with Crippen LogP contribution in [0.3, 0.4) is 0 Å². The maximum absolute atomic E-state index is 12.3. The van der Waals surface area contributed by atoms with Crippen LogP contribution in [0.4, 0.5) is 0 Å². The Morgan fingerprint density at radius 3 is 2.76 bits per heavy atom. The fourth-order valence-corrected chi connectivity index (χ4v) is 2.14. The summed E-state index contributed by atoms with van der Waals surface area (Å²) in [5.74, 6) is 0.651. The highest BCUT2D eigenvalue weighted by molar-refractivity contribution is 5.80. The van der Waals surface area contributed by atoms with Crippen LogP contribution in [0.1, 0.15) is 37.1 Å². The van der Waals surface area contributed by atoms with E-state index in [1.807, 2.05) is 32.0 Å². The lowest BCUT2D eigenvalue weighted by atomic mass is 10.0. The highest BCUT2D eigenvalue weighted by Gasteiger charge is 2.20. The molecule has 1 amide bonds. The molecule has 1 N–H and O–H groups in total. The molecule has 0 fully saturated rings. The molecule has 112 valence electrons. The fourth-order valence-electron chi connectivity index (χ4n) is 2.14. The highest BCUT2D eigenvalue weighted by Crippen LogP contribution is 2.26. The topological polar surface area (TPSA) is 69.0 Å². The number of hydrogen-bond donors (Lipinski definition) is 1. The van der Waals surface area contributed by atoms with Crippen molar-refractivity contribution in [2.45, 2.75) is 32.9 Å². The molecule has 1 aromatic heterocycles. The van der Waals surface area contributed by atoms with Crippen LogP contribution in [0.5, 0.6) is 5.75 Å². The van der Waals surface area contributed by atoms with Gasteiger partial charge in [0, 0.05) is 5.56 Å². The summed E-state index contributed by atoms with van der Waals surface area (Å²) >= 11 is 0. The van der Waals surface area contributed by atoms with Crippen LogP contribution in [-0.4, -0.2) is 27.8 Å². The smallest absolute Gasteiger partial charge is 0.245 e. The van der Waals surface area contributed by atoms with E-state index in [1.165, 1.54) is 17.3 Å². The minimum absolute atomic E-state index is 0.114. The summed E-state index contributed by atoms with van der Waals surface area (Å²) < 4.78 is 6.88. The second kappa shape index (κ2) is 6.39. The number of carbonyl (C=O) groups is 1. The summed E-state index contributed by atoms with van der Waals surface area (Å²) in [6.07, 6.45) is 2.94. The Bertz CT molecular complexity index is 610. The number of aromatic nitrogens is 3. The first kappa shape index (κ1) is 15.0. The molecule has 6 heteroatoms. The third-order valence-corrected chi connectivity index (χ3v) is 3.42. The van der Waals surface area contributed by atoms with Crippen molar-refractivity contribution in [1.82, 2.24) is 20.1 Å². The Morgan fingerprint density at radius 1 is 1.38 bits per heavy atom. The molecule has 2 rings (SSSR count). The molecular weight excluding hydrogens is 268 g/mol. The largest absolute Gasteiger partial charge is 0.496 e. The standard InChI is InChI=1S/C15H20N4O2/c1-10-5-6-14(21-4)13(7-10)11(2)18-15(20)12(3)19-9-16-8-17-19/h5-9,11-12H,1-4H3,(H,18,20)/t11-,12+/m0/s1. The molecule has 21 heavy (non-hydrogen) atoms. The van der Waals surface area contributed by atoms with Gasteiger partial charge in [-0.25, -0.2) is 9.67 Å². The summed E-state index contributed by atoms with van der Waals surface area (Å²) in [6.45, 7) is 5.73. The molecule has 0 aliphatic heterocycles. The van der Waals surface area contributed by atoms with Gasteiger partial charge < -0.3 is 10.1 Å². The van der Waals surface area contributed by atoms with Crippen molar-refractivity contribution in [1.29, 1.82) is 0 Å². The molecular formula is C15H20N4O2. The maximum atomic E-state index is 12.3. The van der Waals surface area contributed by atoms with Crippen molar-refractivity contribution in [2.75, 3.05) is 7.11 Å². The van der Waals surface area contributed by atoms with Gasteiger partial charge in [-0.05, 0) is 26.8 Å². The van der Waals surface area contributed by atoms with Crippen LogP contribution >= 0.6 is 0 Å². The average Bonchev–Trinajstić information content (AvgIpc) is 3.00. The Labute approximate surface area is 124 Å². The van der Waals surface area contributed by atoms with Gasteiger partial charge in [-0.1, -0.05) is 17.7 Å². The lowest BCUT2D eigenvalue weighted by Crippen LogP contribution is -2.33. The molecule has 0 saturated heterocycles. The molecule has 0 radical (unpaired) electrons. The molecule has 0 aliphatic rings. The van der Waals surface area contributed by atoms with E-state index in [4.69, 9.17) is 4.74 Å². The molecule has 0 aliphatic carbocycles. The first-order valence-corrected chi connectivity index (χ1v) is 6.82. The van der Waals surface area contributed by atoms with E-state index in [-0.39, 0.29) is 11.9 Å². The quantitative estimate of drug-likeness (QED) is 0.914. The number of benzene rings is 1. The van der Waals surface area contributed by atoms with Gasteiger partial charge >= 0.3 is 0 Å². The van der Waals surface area contributed by atoms with Crippen molar-refractivity contribution < 1.29 is 9.53 Å². The van der Waals surface area contributed by atoms with Gasteiger partial charge in [-0.3, -0.25) is 4.79 Å². The van der Waals surface area contributed by atoms with Gasteiger partial charge in [-0.2, -0.15) is 5.10 Å². The Morgan fingerprint density at radius 2 is 2.14 bits per heavy atom. The molecule has 0 spiro atoms. The summed E-state index contributed by atoms with van der Waals surface area (Å²) in [6, 6.07) is 5.34. The Hall–Kier alpha value is -2.37. The van der Waals surface area contributed by atoms with Crippen LogP contribution in [0, 0.1) is 6.92 Å². The van der Waals surface area contributed by atoms with Crippen molar-refractivity contribution in [3.05, 3.63) is 42.0 Å². The normalized spacial score (nSPS) is 13.5. The zero-order valence-electron chi connectivity index (χ0n) is 12.7. The third-order valence-electron chi connectivity index (χ3n) is 3.42. The maximum Gasteiger partial charge on any atom is 0.245 e. The lowest BCUT2D eigenvalue weighted by molar-refractivity contribution is -0.124. The lowest BCUT2D eigenvalue weighted by Gasteiger charge is -2.20. The number of aryl methyl sites for hydroxylation is 1. The van der Waals surface area contributed by atoms with E-state index in [0.29, 0.717) is 0 Å².